The first kappa shape index (κ1) is 24.7. The summed E-state index contributed by atoms with van der Waals surface area (Å²) in [6.07, 6.45) is 1.09. The molecule has 0 unspecified atom stereocenters. The van der Waals surface area contributed by atoms with E-state index < -0.39 is 0 Å². The lowest BCUT2D eigenvalue weighted by molar-refractivity contribution is -0.134. The first-order valence-corrected chi connectivity index (χ1v) is 12.1. The van der Waals surface area contributed by atoms with Crippen LogP contribution in [0.4, 0.5) is 5.69 Å². The number of benzene rings is 2. The topological polar surface area (TPSA) is 97.0 Å². The Morgan fingerprint density at radius 1 is 1.11 bits per heavy atom. The summed E-state index contributed by atoms with van der Waals surface area (Å²) in [5.41, 5.74) is 2.02. The number of rotatable bonds is 6. The van der Waals surface area contributed by atoms with Gasteiger partial charge in [0.05, 0.1) is 24.1 Å². The van der Waals surface area contributed by atoms with E-state index in [0.29, 0.717) is 36.4 Å². The van der Waals surface area contributed by atoms with Gasteiger partial charge in [-0.05, 0) is 36.6 Å². The summed E-state index contributed by atoms with van der Waals surface area (Å²) in [6.45, 7) is 4.38. The SMILES string of the molecule is CC(C)C(=O)Nc1ccc2c(c1)C(=O)N(C)[C@@H]1CC[C@H](CC(=O)NCc3ccccc3)O[C@H]1CO2. The van der Waals surface area contributed by atoms with Gasteiger partial charge in [-0.15, -0.1) is 0 Å². The number of carbonyl (C=O) groups is 3. The van der Waals surface area contributed by atoms with Crippen LogP contribution in [0.25, 0.3) is 0 Å². The zero-order valence-corrected chi connectivity index (χ0v) is 20.5. The first-order chi connectivity index (χ1) is 16.8. The molecule has 35 heavy (non-hydrogen) atoms. The van der Waals surface area contributed by atoms with Crippen LogP contribution in [0.2, 0.25) is 0 Å². The smallest absolute Gasteiger partial charge is 0.257 e. The molecule has 2 heterocycles. The minimum Gasteiger partial charge on any atom is -0.490 e. The second-order valence-electron chi connectivity index (χ2n) is 9.49. The molecule has 0 aliphatic carbocycles. The van der Waals surface area contributed by atoms with Gasteiger partial charge in [-0.3, -0.25) is 14.4 Å². The molecule has 2 aliphatic heterocycles. The molecule has 0 spiro atoms. The van der Waals surface area contributed by atoms with Crippen LogP contribution in [0.1, 0.15) is 49.0 Å². The second-order valence-corrected chi connectivity index (χ2v) is 9.49. The van der Waals surface area contributed by atoms with Gasteiger partial charge in [-0.1, -0.05) is 44.2 Å². The number of carbonyl (C=O) groups excluding carboxylic acids is 3. The third kappa shape index (κ3) is 6.00. The summed E-state index contributed by atoms with van der Waals surface area (Å²) < 4.78 is 12.2. The summed E-state index contributed by atoms with van der Waals surface area (Å²) >= 11 is 0. The molecule has 0 aromatic heterocycles. The lowest BCUT2D eigenvalue weighted by atomic mass is 9.94. The number of ether oxygens (including phenoxy) is 2. The van der Waals surface area contributed by atoms with Crippen LogP contribution in [-0.2, 0) is 20.9 Å². The number of nitrogens with one attached hydrogen (secondary N) is 2. The van der Waals surface area contributed by atoms with Gasteiger partial charge < -0.3 is 25.0 Å². The molecule has 0 bridgehead atoms. The quantitative estimate of drug-likeness (QED) is 0.662. The van der Waals surface area contributed by atoms with E-state index in [9.17, 15) is 14.4 Å². The van der Waals surface area contributed by atoms with E-state index >= 15 is 0 Å². The second kappa shape index (κ2) is 10.9. The fourth-order valence-corrected chi connectivity index (χ4v) is 4.47. The number of hydrogen-bond acceptors (Lipinski definition) is 5. The standard InChI is InChI=1S/C27H33N3O5/c1-17(2)26(32)29-19-9-12-23-21(13-19)27(33)30(3)22-11-10-20(35-24(22)16-34-23)14-25(31)28-15-18-7-5-4-6-8-18/h4-9,12-13,17,20,22,24H,10-11,14-16H2,1-3H3,(H,28,31)(H,29,32)/t20-,22-,24+/m1/s1. The molecule has 0 saturated carbocycles. The maximum absolute atomic E-state index is 13.3. The molecule has 1 saturated heterocycles. The van der Waals surface area contributed by atoms with Crippen LogP contribution in [0.5, 0.6) is 5.75 Å². The van der Waals surface area contributed by atoms with Crippen molar-refractivity contribution in [1.29, 1.82) is 0 Å². The lowest BCUT2D eigenvalue weighted by Crippen LogP contribution is -2.53. The minimum absolute atomic E-state index is 0.0604. The molecule has 2 aromatic carbocycles. The van der Waals surface area contributed by atoms with Gasteiger partial charge in [0.25, 0.3) is 5.91 Å². The van der Waals surface area contributed by atoms with E-state index in [1.54, 1.807) is 30.1 Å². The molecular formula is C27H33N3O5. The molecule has 2 aliphatic rings. The summed E-state index contributed by atoms with van der Waals surface area (Å²) in [5, 5.41) is 5.79. The Hall–Kier alpha value is -3.39. The van der Waals surface area contributed by atoms with Gasteiger partial charge in [0.15, 0.2) is 0 Å². The van der Waals surface area contributed by atoms with Gasteiger partial charge in [0.1, 0.15) is 18.5 Å². The van der Waals surface area contributed by atoms with Gasteiger partial charge >= 0.3 is 0 Å². The number of fused-ring (bicyclic) bond motifs is 2. The van der Waals surface area contributed by atoms with Crippen molar-refractivity contribution in [2.24, 2.45) is 5.92 Å². The zero-order chi connectivity index (χ0) is 24.9. The number of likely N-dealkylation sites (N-methyl/N-ethyl adjacent to an activating group) is 1. The molecule has 0 radical (unpaired) electrons. The number of nitrogens with zero attached hydrogens (tertiary/aromatic N) is 1. The number of hydrogen-bond donors (Lipinski definition) is 2. The highest BCUT2D eigenvalue weighted by Crippen LogP contribution is 2.32. The maximum atomic E-state index is 13.3. The lowest BCUT2D eigenvalue weighted by Gasteiger charge is -2.42. The fraction of sp³-hybridized carbons (Fsp3) is 0.444. The predicted octanol–water partition coefficient (Wildman–Crippen LogP) is 3.37. The third-order valence-electron chi connectivity index (χ3n) is 6.55. The molecule has 2 N–H and O–H groups in total. The van der Waals surface area contributed by atoms with E-state index in [4.69, 9.17) is 9.47 Å². The Labute approximate surface area is 206 Å². The maximum Gasteiger partial charge on any atom is 0.257 e. The average molecular weight is 480 g/mol. The van der Waals surface area contributed by atoms with Crippen molar-refractivity contribution in [2.75, 3.05) is 19.0 Å². The average Bonchev–Trinajstić information content (AvgIpc) is 2.86. The summed E-state index contributed by atoms with van der Waals surface area (Å²) in [4.78, 5) is 39.6. The van der Waals surface area contributed by atoms with E-state index in [2.05, 4.69) is 10.6 Å². The molecule has 3 atom stereocenters. The van der Waals surface area contributed by atoms with Gasteiger partial charge in [-0.2, -0.15) is 0 Å². The Balaban J connectivity index is 1.39. The number of anilines is 1. The van der Waals surface area contributed by atoms with E-state index in [1.807, 2.05) is 44.2 Å². The highest BCUT2D eigenvalue weighted by molar-refractivity contribution is 6.00. The van der Waals surface area contributed by atoms with Crippen molar-refractivity contribution in [3.05, 3.63) is 59.7 Å². The summed E-state index contributed by atoms with van der Waals surface area (Å²) in [6, 6.07) is 14.7. The van der Waals surface area contributed by atoms with E-state index in [-0.39, 0.29) is 54.9 Å². The third-order valence-corrected chi connectivity index (χ3v) is 6.55. The van der Waals surface area contributed by atoms with Crippen molar-refractivity contribution >= 4 is 23.4 Å². The molecular weight excluding hydrogens is 446 g/mol. The Kier molecular flexibility index (Phi) is 7.70. The molecule has 1 fully saturated rings. The van der Waals surface area contributed by atoms with Gasteiger partial charge in [0.2, 0.25) is 11.8 Å². The summed E-state index contributed by atoms with van der Waals surface area (Å²) in [7, 11) is 1.77. The van der Waals surface area contributed by atoms with Crippen molar-refractivity contribution in [3.8, 4) is 5.75 Å². The number of amides is 3. The normalized spacial score (nSPS) is 21.8. The van der Waals surface area contributed by atoms with E-state index in [1.165, 1.54) is 0 Å². The van der Waals surface area contributed by atoms with Crippen LogP contribution in [0.3, 0.4) is 0 Å². The van der Waals surface area contributed by atoms with Crippen LogP contribution >= 0.6 is 0 Å². The molecule has 4 rings (SSSR count). The molecule has 3 amide bonds. The molecule has 186 valence electrons. The summed E-state index contributed by atoms with van der Waals surface area (Å²) in [5.74, 6) is -0.0701. The predicted molar refractivity (Wildman–Crippen MR) is 132 cm³/mol. The van der Waals surface area contributed by atoms with Crippen LogP contribution in [-0.4, -0.2) is 54.5 Å². The Bertz CT molecular complexity index is 1070. The van der Waals surface area contributed by atoms with E-state index in [0.717, 1.165) is 5.56 Å². The van der Waals surface area contributed by atoms with Crippen molar-refractivity contribution in [3.63, 3.8) is 0 Å². The Morgan fingerprint density at radius 2 is 1.89 bits per heavy atom. The largest absolute Gasteiger partial charge is 0.490 e. The molecule has 2 aromatic rings. The van der Waals surface area contributed by atoms with Crippen LogP contribution < -0.4 is 15.4 Å². The highest BCUT2D eigenvalue weighted by atomic mass is 16.5. The zero-order valence-electron chi connectivity index (χ0n) is 20.5. The van der Waals surface area contributed by atoms with Crippen molar-refractivity contribution in [2.45, 2.75) is 57.9 Å². The minimum atomic E-state index is -0.335. The molecule has 8 heteroatoms. The van der Waals surface area contributed by atoms with Crippen molar-refractivity contribution < 1.29 is 23.9 Å². The van der Waals surface area contributed by atoms with Crippen LogP contribution in [0, 0.1) is 5.92 Å². The van der Waals surface area contributed by atoms with Gasteiger partial charge in [-0.25, -0.2) is 0 Å². The Morgan fingerprint density at radius 3 is 2.63 bits per heavy atom. The fourth-order valence-electron chi connectivity index (χ4n) is 4.47. The van der Waals surface area contributed by atoms with Crippen LogP contribution in [0.15, 0.2) is 48.5 Å². The highest BCUT2D eigenvalue weighted by Gasteiger charge is 2.39. The van der Waals surface area contributed by atoms with Crippen molar-refractivity contribution in [1.82, 2.24) is 10.2 Å². The molecule has 8 nitrogen and oxygen atoms in total. The van der Waals surface area contributed by atoms with Gasteiger partial charge in [0, 0.05) is 25.2 Å². The monoisotopic (exact) mass is 479 g/mol. The first-order valence-electron chi connectivity index (χ1n) is 12.1.